The molecule has 4 aromatic carbocycles. The van der Waals surface area contributed by atoms with Gasteiger partial charge >= 0.3 is 76.2 Å². The number of rotatable bonds is 0. The van der Waals surface area contributed by atoms with E-state index in [1.807, 2.05) is 84.9 Å². The molecule has 0 N–H and O–H groups in total. The Morgan fingerprint density at radius 3 is 1.16 bits per heavy atom. The molecule has 8 bridgehead atoms. The first-order chi connectivity index (χ1) is 20.6. The van der Waals surface area contributed by atoms with Crippen LogP contribution in [0.1, 0.15) is 0 Å². The molecule has 0 atom stereocenters. The van der Waals surface area contributed by atoms with E-state index in [1.165, 1.54) is 0 Å². The third-order valence-electron chi connectivity index (χ3n) is 7.46. The summed E-state index contributed by atoms with van der Waals surface area (Å²) in [7, 11) is 0. The van der Waals surface area contributed by atoms with E-state index in [1.54, 1.807) is 0 Å². The minimum atomic E-state index is 0. The van der Waals surface area contributed by atoms with Crippen molar-refractivity contribution in [2.45, 2.75) is 9.79 Å². The van der Waals surface area contributed by atoms with Crippen LogP contribution in [-0.2, 0) is 42.3 Å². The van der Waals surface area contributed by atoms with Gasteiger partial charge in [-0.3, -0.25) is 0 Å². The van der Waals surface area contributed by atoms with Gasteiger partial charge in [-0.15, -0.1) is 0 Å². The first-order valence-electron chi connectivity index (χ1n) is 13.1. The zero-order valence-electron chi connectivity index (χ0n) is 23.8. The van der Waals surface area contributed by atoms with Gasteiger partial charge in [-0.2, -0.15) is 9.79 Å². The van der Waals surface area contributed by atoms with Crippen molar-refractivity contribution in [1.29, 1.82) is 0 Å². The Hall–Kier alpha value is -2.80. The molecule has 13 heteroatoms. The Kier molecular flexibility index (Phi) is 8.88. The van der Waals surface area contributed by atoms with Crippen molar-refractivity contribution >= 4 is 69.4 Å². The van der Waals surface area contributed by atoms with E-state index in [-0.39, 0.29) is 76.2 Å². The molecule has 9 rings (SSSR count). The quantitative estimate of drug-likeness (QED) is 0.160. The molecular weight excluding hydrogens is 670 g/mol. The summed E-state index contributed by atoms with van der Waals surface area (Å²) in [6, 6.07) is 27.1. The summed E-state index contributed by atoms with van der Waals surface area (Å²) < 4.78 is 0. The zero-order chi connectivity index (χ0) is 27.9. The minimum Gasteiger partial charge on any atom is -0.780 e. The molecule has 207 valence electrons. The summed E-state index contributed by atoms with van der Waals surface area (Å²) >= 11 is 11.0. The monoisotopic (exact) mass is 683 g/mol. The molecule has 45 heavy (non-hydrogen) atoms. The van der Waals surface area contributed by atoms with Crippen LogP contribution in [0.15, 0.2) is 94.7 Å². The average molecular weight is 684 g/mol. The van der Waals surface area contributed by atoms with E-state index in [2.05, 4.69) is 0 Å². The predicted octanol–water partition coefficient (Wildman–Crippen LogP) is -0.0555. The Morgan fingerprint density at radius 1 is 0.400 bits per heavy atom. The molecule has 3 aromatic heterocycles. The average Bonchev–Trinajstić information content (AvgIpc) is 3.72. The Labute approximate surface area is 322 Å². The molecule has 0 spiro atoms. The summed E-state index contributed by atoms with van der Waals surface area (Å²) in [5.74, 6) is 2.07. The third kappa shape index (κ3) is 5.31. The Balaban J connectivity index is 0.00000119. The normalized spacial score (nSPS) is 11.2. The molecule has 2 aliphatic rings. The van der Waals surface area contributed by atoms with Gasteiger partial charge < -0.3 is 50.2 Å². The second kappa shape index (κ2) is 12.4. The van der Waals surface area contributed by atoms with Crippen LogP contribution in [0.4, 0.5) is 0 Å². The van der Waals surface area contributed by atoms with Crippen molar-refractivity contribution < 1.29 is 76.2 Å². The number of benzene rings is 4. The number of fused-ring (bicyclic) bond motifs is 20. The van der Waals surface area contributed by atoms with Crippen molar-refractivity contribution in [3.8, 4) is 45.6 Å². The van der Waals surface area contributed by atoms with Crippen molar-refractivity contribution in [1.82, 2.24) is 39.9 Å². The molecule has 5 heterocycles. The van der Waals surface area contributed by atoms with Gasteiger partial charge in [-0.1, -0.05) is 84.9 Å². The molecule has 0 aliphatic carbocycles. The topological polar surface area (TPSA) is 106 Å². The van der Waals surface area contributed by atoms with E-state index in [0.29, 0.717) is 55.7 Å². The first-order valence-corrected chi connectivity index (χ1v) is 13.9. The SMILES string of the molecule is [Cu+2].[Na+].[Na+].[S-]c1ccc2c3nc4[n-]c(nc5nc(nc6nc(nc([n-]3)c2c1)-c1ccccc1-6)-c1ccccc1-5)c1ccc([S-])cc41. The van der Waals surface area contributed by atoms with Gasteiger partial charge in [0.25, 0.3) is 0 Å². The van der Waals surface area contributed by atoms with E-state index in [4.69, 9.17) is 65.1 Å². The number of hydrogen-bond donors (Lipinski definition) is 0. The van der Waals surface area contributed by atoms with Crippen LogP contribution in [0.2, 0.25) is 0 Å². The standard InChI is InChI=1S/C32H16N8S2.Cu.2Na/c41-15-9-11-21-23(13-15)32-38-29(21)36-27-18-6-2-1-5-17(18)25(34-27)33-26-19-7-3-4-8-20(19)28(35-26)37-31-24-14-16(42)10-12-22(24)30(39-31)40-32;;;/h1-14H,(H2-2,33,34,35,36,37,38,39,40,41,42);;;/q-2;+2;2*+1/p-2. The van der Waals surface area contributed by atoms with Crippen LogP contribution in [0.25, 0.3) is 89.7 Å². The van der Waals surface area contributed by atoms with Crippen LogP contribution in [-0.4, -0.2) is 29.9 Å². The Morgan fingerprint density at radius 2 is 0.733 bits per heavy atom. The van der Waals surface area contributed by atoms with E-state index in [0.717, 1.165) is 43.8 Å². The molecule has 7 aromatic rings. The largest absolute Gasteiger partial charge is 2.00 e. The maximum absolute atomic E-state index is 5.50. The molecule has 0 unspecified atom stereocenters. The fourth-order valence-corrected chi connectivity index (χ4v) is 5.89. The Bertz CT molecular complexity index is 2480. The maximum Gasteiger partial charge on any atom is 2.00 e. The van der Waals surface area contributed by atoms with Crippen LogP contribution >= 0.6 is 0 Å². The first kappa shape index (κ1) is 32.2. The molecular formula is C32H14CuN8Na2S2. The molecule has 2 aliphatic heterocycles. The molecule has 0 saturated heterocycles. The summed E-state index contributed by atoms with van der Waals surface area (Å²) in [4.78, 5) is 40.6. The fourth-order valence-electron chi connectivity index (χ4n) is 5.52. The number of aromatic nitrogens is 8. The van der Waals surface area contributed by atoms with Gasteiger partial charge in [-0.05, 0) is 21.5 Å². The van der Waals surface area contributed by atoms with Crippen LogP contribution < -0.4 is 69.1 Å². The van der Waals surface area contributed by atoms with Gasteiger partial charge in [-0.25, -0.2) is 15.0 Å². The van der Waals surface area contributed by atoms with Crippen LogP contribution in [0, 0.1) is 0 Å². The molecule has 1 radical (unpaired) electrons. The van der Waals surface area contributed by atoms with Gasteiger partial charge in [0.2, 0.25) is 0 Å². The predicted molar refractivity (Wildman–Crippen MR) is 165 cm³/mol. The summed E-state index contributed by atoms with van der Waals surface area (Å²) in [6.45, 7) is 0. The van der Waals surface area contributed by atoms with Crippen molar-refractivity contribution in [3.05, 3.63) is 84.9 Å². The van der Waals surface area contributed by atoms with Crippen LogP contribution in [0.3, 0.4) is 0 Å². The summed E-state index contributed by atoms with van der Waals surface area (Å²) in [6.07, 6.45) is 0. The van der Waals surface area contributed by atoms with Crippen LogP contribution in [0.5, 0.6) is 0 Å². The second-order valence-corrected chi connectivity index (χ2v) is 10.9. The van der Waals surface area contributed by atoms with Crippen molar-refractivity contribution in [2.75, 3.05) is 0 Å². The van der Waals surface area contributed by atoms with Crippen molar-refractivity contribution in [2.24, 2.45) is 0 Å². The molecule has 8 nitrogen and oxygen atoms in total. The zero-order valence-corrected chi connectivity index (χ0v) is 30.4. The third-order valence-corrected chi connectivity index (χ3v) is 7.97. The number of hydrogen-bond acceptors (Lipinski definition) is 8. The molecule has 0 amide bonds. The second-order valence-electron chi connectivity index (χ2n) is 9.99. The summed E-state index contributed by atoms with van der Waals surface area (Å²) in [5, 5.41) is 3.20. The van der Waals surface area contributed by atoms with E-state index < -0.39 is 0 Å². The maximum atomic E-state index is 5.50. The van der Waals surface area contributed by atoms with E-state index in [9.17, 15) is 0 Å². The van der Waals surface area contributed by atoms with Gasteiger partial charge in [0.05, 0.1) is 11.6 Å². The van der Waals surface area contributed by atoms with E-state index >= 15 is 0 Å². The van der Waals surface area contributed by atoms with Gasteiger partial charge in [0.15, 0.2) is 11.6 Å². The van der Waals surface area contributed by atoms with Gasteiger partial charge in [0, 0.05) is 44.8 Å². The molecule has 0 saturated carbocycles. The summed E-state index contributed by atoms with van der Waals surface area (Å²) in [5.41, 5.74) is 5.37. The fraction of sp³-hybridized carbons (Fsp3) is 0. The molecule has 0 fully saturated rings. The smallest absolute Gasteiger partial charge is 0.780 e. The van der Waals surface area contributed by atoms with Crippen molar-refractivity contribution in [3.63, 3.8) is 0 Å². The minimum absolute atomic E-state index is 0. The van der Waals surface area contributed by atoms with Gasteiger partial charge in [0.1, 0.15) is 0 Å². The number of nitrogens with zero attached hydrogens (tertiary/aromatic N) is 8.